The van der Waals surface area contributed by atoms with Crippen molar-refractivity contribution in [1.82, 2.24) is 14.8 Å². The summed E-state index contributed by atoms with van der Waals surface area (Å²) >= 11 is 0. The standard InChI is InChI=1S/C12H23N3O/c1-6-12(4,5)10(16)7-11-13-8-14-15(11)9(2)3/h8-10,16H,6-7H2,1-5H3. The molecule has 4 heteroatoms. The average Bonchev–Trinajstić information content (AvgIpc) is 2.65. The van der Waals surface area contributed by atoms with Crippen LogP contribution in [0.5, 0.6) is 0 Å². The predicted molar refractivity (Wildman–Crippen MR) is 64.2 cm³/mol. The van der Waals surface area contributed by atoms with Gasteiger partial charge in [-0.15, -0.1) is 0 Å². The topological polar surface area (TPSA) is 50.9 Å². The number of aliphatic hydroxyl groups excluding tert-OH is 1. The molecule has 0 aromatic carbocycles. The maximum atomic E-state index is 10.2. The summed E-state index contributed by atoms with van der Waals surface area (Å²) < 4.78 is 1.87. The molecular formula is C12H23N3O. The molecule has 0 aliphatic carbocycles. The van der Waals surface area contributed by atoms with Crippen molar-refractivity contribution in [2.75, 3.05) is 0 Å². The first-order valence-electron chi connectivity index (χ1n) is 5.95. The molecule has 0 amide bonds. The first kappa shape index (κ1) is 13.2. The number of aromatic nitrogens is 3. The van der Waals surface area contributed by atoms with E-state index in [-0.39, 0.29) is 17.6 Å². The van der Waals surface area contributed by atoms with Crippen LogP contribution in [0, 0.1) is 5.41 Å². The lowest BCUT2D eigenvalue weighted by Gasteiger charge is -2.29. The Morgan fingerprint density at radius 3 is 2.56 bits per heavy atom. The molecule has 0 saturated carbocycles. The highest BCUT2D eigenvalue weighted by Gasteiger charge is 2.27. The lowest BCUT2D eigenvalue weighted by atomic mass is 9.82. The zero-order valence-corrected chi connectivity index (χ0v) is 10.9. The second-order valence-corrected chi connectivity index (χ2v) is 5.28. The minimum atomic E-state index is -0.376. The largest absolute Gasteiger partial charge is 0.392 e. The van der Waals surface area contributed by atoms with Gasteiger partial charge in [0, 0.05) is 12.5 Å². The van der Waals surface area contributed by atoms with Crippen molar-refractivity contribution in [1.29, 1.82) is 0 Å². The lowest BCUT2D eigenvalue weighted by Crippen LogP contribution is -2.31. The molecule has 16 heavy (non-hydrogen) atoms. The van der Waals surface area contributed by atoms with E-state index in [1.54, 1.807) is 6.33 Å². The van der Waals surface area contributed by atoms with Gasteiger partial charge in [-0.05, 0) is 25.7 Å². The second-order valence-electron chi connectivity index (χ2n) is 5.28. The summed E-state index contributed by atoms with van der Waals surface area (Å²) in [6.45, 7) is 10.4. The molecule has 0 aliphatic rings. The molecule has 0 spiro atoms. The summed E-state index contributed by atoms with van der Waals surface area (Å²) in [4.78, 5) is 4.22. The van der Waals surface area contributed by atoms with E-state index in [9.17, 15) is 5.11 Å². The normalized spacial score (nSPS) is 14.4. The van der Waals surface area contributed by atoms with Gasteiger partial charge in [0.1, 0.15) is 12.2 Å². The van der Waals surface area contributed by atoms with E-state index in [1.165, 1.54) is 0 Å². The molecule has 1 aromatic heterocycles. The van der Waals surface area contributed by atoms with Crippen LogP contribution in [0.4, 0.5) is 0 Å². The summed E-state index contributed by atoms with van der Waals surface area (Å²) in [5, 5.41) is 14.3. The minimum absolute atomic E-state index is 0.0756. The Kier molecular flexibility index (Phi) is 4.08. The van der Waals surface area contributed by atoms with Gasteiger partial charge in [0.25, 0.3) is 0 Å². The van der Waals surface area contributed by atoms with Crippen LogP contribution in [0.2, 0.25) is 0 Å². The number of hydrogen-bond acceptors (Lipinski definition) is 3. The molecule has 0 aliphatic heterocycles. The summed E-state index contributed by atoms with van der Waals surface area (Å²) in [6, 6.07) is 0.287. The average molecular weight is 225 g/mol. The first-order chi connectivity index (χ1) is 7.38. The summed E-state index contributed by atoms with van der Waals surface area (Å²) in [5.74, 6) is 0.865. The van der Waals surface area contributed by atoms with Crippen molar-refractivity contribution in [3.8, 4) is 0 Å². The van der Waals surface area contributed by atoms with E-state index < -0.39 is 0 Å². The van der Waals surface area contributed by atoms with Crippen LogP contribution >= 0.6 is 0 Å². The van der Waals surface area contributed by atoms with Gasteiger partial charge in [-0.2, -0.15) is 5.10 Å². The van der Waals surface area contributed by atoms with Crippen LogP contribution in [0.3, 0.4) is 0 Å². The highest BCUT2D eigenvalue weighted by atomic mass is 16.3. The molecule has 4 nitrogen and oxygen atoms in total. The molecule has 1 rings (SSSR count). The third-order valence-corrected chi connectivity index (χ3v) is 3.33. The molecule has 1 aromatic rings. The van der Waals surface area contributed by atoms with Gasteiger partial charge in [0.2, 0.25) is 0 Å². The number of rotatable bonds is 5. The van der Waals surface area contributed by atoms with Crippen LogP contribution < -0.4 is 0 Å². The fourth-order valence-electron chi connectivity index (χ4n) is 1.54. The van der Waals surface area contributed by atoms with Crippen molar-refractivity contribution in [2.24, 2.45) is 5.41 Å². The van der Waals surface area contributed by atoms with Crippen LogP contribution in [0.15, 0.2) is 6.33 Å². The Balaban J connectivity index is 2.77. The SMILES string of the molecule is CCC(C)(C)C(O)Cc1ncnn1C(C)C. The monoisotopic (exact) mass is 225 g/mol. The Labute approximate surface area is 97.7 Å². The Morgan fingerprint density at radius 1 is 1.44 bits per heavy atom. The Bertz CT molecular complexity index is 331. The van der Waals surface area contributed by atoms with Crippen molar-refractivity contribution < 1.29 is 5.11 Å². The third-order valence-electron chi connectivity index (χ3n) is 3.33. The first-order valence-corrected chi connectivity index (χ1v) is 5.95. The fraction of sp³-hybridized carbons (Fsp3) is 0.833. The van der Waals surface area contributed by atoms with Gasteiger partial charge in [-0.25, -0.2) is 9.67 Å². The fourth-order valence-corrected chi connectivity index (χ4v) is 1.54. The van der Waals surface area contributed by atoms with Crippen LogP contribution in [-0.2, 0) is 6.42 Å². The van der Waals surface area contributed by atoms with Crippen LogP contribution in [-0.4, -0.2) is 26.0 Å². The number of aliphatic hydroxyl groups is 1. The highest BCUT2D eigenvalue weighted by Crippen LogP contribution is 2.27. The van der Waals surface area contributed by atoms with Crippen molar-refractivity contribution in [3.63, 3.8) is 0 Å². The molecule has 0 fully saturated rings. The second kappa shape index (κ2) is 4.95. The van der Waals surface area contributed by atoms with E-state index in [0.29, 0.717) is 6.42 Å². The zero-order valence-electron chi connectivity index (χ0n) is 10.9. The molecule has 1 unspecified atom stereocenters. The van der Waals surface area contributed by atoms with Crippen molar-refractivity contribution in [3.05, 3.63) is 12.2 Å². The molecule has 1 atom stereocenters. The van der Waals surface area contributed by atoms with Gasteiger partial charge in [0.05, 0.1) is 6.10 Å². The van der Waals surface area contributed by atoms with E-state index in [1.807, 2.05) is 4.68 Å². The number of hydrogen-bond donors (Lipinski definition) is 1. The molecule has 1 heterocycles. The summed E-state index contributed by atoms with van der Waals surface area (Å²) in [6.07, 6.45) is 2.70. The maximum Gasteiger partial charge on any atom is 0.138 e. The molecular weight excluding hydrogens is 202 g/mol. The summed E-state index contributed by atoms with van der Waals surface area (Å²) in [7, 11) is 0. The Morgan fingerprint density at radius 2 is 2.06 bits per heavy atom. The Hall–Kier alpha value is -0.900. The minimum Gasteiger partial charge on any atom is -0.392 e. The van der Waals surface area contributed by atoms with E-state index in [4.69, 9.17) is 0 Å². The molecule has 92 valence electrons. The van der Waals surface area contributed by atoms with Crippen LogP contribution in [0.25, 0.3) is 0 Å². The van der Waals surface area contributed by atoms with Gasteiger partial charge in [-0.3, -0.25) is 0 Å². The van der Waals surface area contributed by atoms with E-state index in [2.05, 4.69) is 44.7 Å². The van der Waals surface area contributed by atoms with Crippen molar-refractivity contribution >= 4 is 0 Å². The molecule has 0 bridgehead atoms. The zero-order chi connectivity index (χ0) is 12.3. The summed E-state index contributed by atoms with van der Waals surface area (Å²) in [5.41, 5.74) is -0.0756. The maximum absolute atomic E-state index is 10.2. The molecule has 0 radical (unpaired) electrons. The predicted octanol–water partition coefficient (Wildman–Crippen LogP) is 2.20. The molecule has 0 saturated heterocycles. The smallest absolute Gasteiger partial charge is 0.138 e. The van der Waals surface area contributed by atoms with Gasteiger partial charge in [0.15, 0.2) is 0 Å². The highest BCUT2D eigenvalue weighted by molar-refractivity contribution is 4.92. The van der Waals surface area contributed by atoms with Crippen LogP contribution in [0.1, 0.15) is 52.9 Å². The van der Waals surface area contributed by atoms with Crippen molar-refractivity contribution in [2.45, 2.75) is 59.6 Å². The third kappa shape index (κ3) is 2.82. The quantitative estimate of drug-likeness (QED) is 0.835. The molecule has 1 N–H and O–H groups in total. The van der Waals surface area contributed by atoms with E-state index >= 15 is 0 Å². The van der Waals surface area contributed by atoms with Gasteiger partial charge in [-0.1, -0.05) is 20.8 Å². The lowest BCUT2D eigenvalue weighted by molar-refractivity contribution is 0.0452. The number of nitrogens with zero attached hydrogens (tertiary/aromatic N) is 3. The van der Waals surface area contributed by atoms with E-state index in [0.717, 1.165) is 12.2 Å². The van der Waals surface area contributed by atoms with Gasteiger partial charge >= 0.3 is 0 Å². The van der Waals surface area contributed by atoms with Gasteiger partial charge < -0.3 is 5.11 Å².